The predicted octanol–water partition coefficient (Wildman–Crippen LogP) is 0.873. The molecule has 0 aliphatic heterocycles. The van der Waals surface area contributed by atoms with Crippen LogP contribution in [0.1, 0.15) is 40.5 Å². The molecule has 2 unspecified atom stereocenters. The van der Waals surface area contributed by atoms with Crippen LogP contribution in [0.25, 0.3) is 0 Å². The summed E-state index contributed by atoms with van der Waals surface area (Å²) in [6.45, 7) is 6.86. The Labute approximate surface area is 180 Å². The van der Waals surface area contributed by atoms with E-state index in [0.717, 1.165) is 6.08 Å². The van der Waals surface area contributed by atoms with Crippen molar-refractivity contribution in [2.24, 2.45) is 5.92 Å². The zero-order valence-corrected chi connectivity index (χ0v) is 18.2. The average molecular weight is 434 g/mol. The van der Waals surface area contributed by atoms with Crippen molar-refractivity contribution >= 4 is 29.4 Å². The van der Waals surface area contributed by atoms with Gasteiger partial charge in [-0.1, -0.05) is 19.9 Å². The average Bonchev–Trinajstić information content (AvgIpc) is 2.66. The number of hydrogen-bond acceptors (Lipinski definition) is 5. The van der Waals surface area contributed by atoms with Crippen molar-refractivity contribution in [2.75, 3.05) is 5.32 Å². The number of amides is 3. The van der Waals surface area contributed by atoms with Crippen LogP contribution < -0.4 is 21.5 Å². The molecular weight excluding hydrogens is 404 g/mol. The van der Waals surface area contributed by atoms with Crippen molar-refractivity contribution in [3.8, 4) is 0 Å². The van der Waals surface area contributed by atoms with Gasteiger partial charge >= 0.3 is 5.97 Å². The Morgan fingerprint density at radius 1 is 1.16 bits per heavy atom. The SMILES string of the molecule is CC(=O)NC(CCC=CC(=O)O)C(=O)Nc1cccn(CC(=O)NC(C)C(C)C)c1=O. The van der Waals surface area contributed by atoms with Crippen LogP contribution in [-0.2, 0) is 25.7 Å². The molecule has 1 aromatic heterocycles. The fraction of sp³-hybridized carbons (Fsp3) is 0.476. The highest BCUT2D eigenvalue weighted by Crippen LogP contribution is 2.05. The van der Waals surface area contributed by atoms with Crippen molar-refractivity contribution in [1.29, 1.82) is 0 Å². The van der Waals surface area contributed by atoms with Crippen LogP contribution in [-0.4, -0.2) is 45.4 Å². The third-order valence-corrected chi connectivity index (χ3v) is 4.56. The monoisotopic (exact) mass is 434 g/mol. The van der Waals surface area contributed by atoms with Gasteiger partial charge in [-0.3, -0.25) is 19.2 Å². The summed E-state index contributed by atoms with van der Waals surface area (Å²) >= 11 is 0. The summed E-state index contributed by atoms with van der Waals surface area (Å²) in [6.07, 6.45) is 4.14. The van der Waals surface area contributed by atoms with Gasteiger partial charge < -0.3 is 25.6 Å². The Morgan fingerprint density at radius 2 is 1.84 bits per heavy atom. The Hall–Kier alpha value is -3.43. The molecule has 0 saturated heterocycles. The zero-order chi connectivity index (χ0) is 23.6. The topological polar surface area (TPSA) is 147 Å². The van der Waals surface area contributed by atoms with Gasteiger partial charge in [-0.05, 0) is 37.8 Å². The van der Waals surface area contributed by atoms with Crippen LogP contribution >= 0.6 is 0 Å². The van der Waals surface area contributed by atoms with E-state index < -0.39 is 29.4 Å². The first-order chi connectivity index (χ1) is 14.5. The van der Waals surface area contributed by atoms with E-state index in [1.165, 1.54) is 35.9 Å². The molecule has 0 aliphatic carbocycles. The highest BCUT2D eigenvalue weighted by Gasteiger charge is 2.20. The first kappa shape index (κ1) is 25.6. The van der Waals surface area contributed by atoms with Crippen molar-refractivity contribution in [2.45, 2.75) is 59.2 Å². The van der Waals surface area contributed by atoms with E-state index >= 15 is 0 Å². The largest absolute Gasteiger partial charge is 0.478 e. The Morgan fingerprint density at radius 3 is 2.42 bits per heavy atom. The molecule has 0 radical (unpaired) electrons. The molecule has 0 spiro atoms. The number of carbonyl (C=O) groups excluding carboxylic acids is 3. The summed E-state index contributed by atoms with van der Waals surface area (Å²) in [5, 5.41) is 16.4. The van der Waals surface area contributed by atoms with Gasteiger partial charge in [0, 0.05) is 25.2 Å². The van der Waals surface area contributed by atoms with Gasteiger partial charge in [0.2, 0.25) is 17.7 Å². The molecule has 2 atom stereocenters. The normalized spacial score (nSPS) is 12.9. The molecule has 0 bridgehead atoms. The molecular formula is C21H30N4O6. The molecule has 1 heterocycles. The van der Waals surface area contributed by atoms with Crippen LogP contribution in [0.2, 0.25) is 0 Å². The standard InChI is InChI=1S/C21H30N4O6/c1-13(2)14(3)22-18(27)12-25-11-7-9-17(21(25)31)24-20(30)16(23-15(4)26)8-5-6-10-19(28)29/h6-7,9-11,13-14,16H,5,8,12H2,1-4H3,(H,22,27)(H,23,26)(H,24,30)(H,28,29). The summed E-state index contributed by atoms with van der Waals surface area (Å²) in [5.74, 6) is -2.26. The first-order valence-electron chi connectivity index (χ1n) is 9.97. The minimum absolute atomic E-state index is 0.0337. The molecule has 0 fully saturated rings. The maximum absolute atomic E-state index is 12.6. The van der Waals surface area contributed by atoms with Crippen LogP contribution in [0.4, 0.5) is 5.69 Å². The van der Waals surface area contributed by atoms with Crippen LogP contribution in [0, 0.1) is 5.92 Å². The summed E-state index contributed by atoms with van der Waals surface area (Å²) in [6, 6.07) is 1.92. The quantitative estimate of drug-likeness (QED) is 0.380. The number of allylic oxidation sites excluding steroid dienone is 1. The number of hydrogen-bond donors (Lipinski definition) is 4. The van der Waals surface area contributed by atoms with Crippen molar-refractivity contribution in [3.63, 3.8) is 0 Å². The van der Waals surface area contributed by atoms with Crippen molar-refractivity contribution in [1.82, 2.24) is 15.2 Å². The van der Waals surface area contributed by atoms with Gasteiger partial charge in [0.15, 0.2) is 0 Å². The zero-order valence-electron chi connectivity index (χ0n) is 18.2. The van der Waals surface area contributed by atoms with Gasteiger partial charge in [-0.2, -0.15) is 0 Å². The summed E-state index contributed by atoms with van der Waals surface area (Å²) in [5.41, 5.74) is -0.593. The highest BCUT2D eigenvalue weighted by atomic mass is 16.4. The highest BCUT2D eigenvalue weighted by molar-refractivity contribution is 5.96. The van der Waals surface area contributed by atoms with Crippen LogP contribution in [0.15, 0.2) is 35.3 Å². The van der Waals surface area contributed by atoms with E-state index in [0.29, 0.717) is 0 Å². The van der Waals surface area contributed by atoms with Gasteiger partial charge in [0.05, 0.1) is 0 Å². The molecule has 1 rings (SSSR count). The molecule has 10 heteroatoms. The second-order valence-electron chi connectivity index (χ2n) is 7.52. The molecule has 170 valence electrons. The first-order valence-corrected chi connectivity index (χ1v) is 9.97. The molecule has 0 saturated carbocycles. The van der Waals surface area contributed by atoms with E-state index in [1.54, 1.807) is 0 Å². The molecule has 0 aliphatic rings. The van der Waals surface area contributed by atoms with E-state index in [9.17, 15) is 24.0 Å². The molecule has 4 N–H and O–H groups in total. The third-order valence-electron chi connectivity index (χ3n) is 4.56. The molecule has 0 aromatic carbocycles. The number of nitrogens with zero attached hydrogens (tertiary/aromatic N) is 1. The van der Waals surface area contributed by atoms with Crippen LogP contribution in [0.3, 0.4) is 0 Å². The number of aromatic nitrogens is 1. The number of aliphatic carboxylic acids is 1. The summed E-state index contributed by atoms with van der Waals surface area (Å²) < 4.78 is 1.18. The molecule has 3 amide bonds. The number of carboxylic acids is 1. The second kappa shape index (κ2) is 12.3. The van der Waals surface area contributed by atoms with E-state index in [2.05, 4.69) is 16.0 Å². The fourth-order valence-corrected chi connectivity index (χ4v) is 2.56. The number of nitrogens with one attached hydrogen (secondary N) is 3. The van der Waals surface area contributed by atoms with Gasteiger partial charge in [-0.15, -0.1) is 0 Å². The summed E-state index contributed by atoms with van der Waals surface area (Å²) in [7, 11) is 0. The van der Waals surface area contributed by atoms with Gasteiger partial charge in [-0.25, -0.2) is 4.79 Å². The van der Waals surface area contributed by atoms with E-state index in [1.807, 2.05) is 20.8 Å². The lowest BCUT2D eigenvalue weighted by Crippen LogP contribution is -2.44. The maximum atomic E-state index is 12.6. The Balaban J connectivity index is 2.89. The second-order valence-corrected chi connectivity index (χ2v) is 7.52. The van der Waals surface area contributed by atoms with E-state index in [4.69, 9.17) is 5.11 Å². The number of anilines is 1. The Bertz CT molecular complexity index is 890. The lowest BCUT2D eigenvalue weighted by Gasteiger charge is -2.18. The van der Waals surface area contributed by atoms with E-state index in [-0.39, 0.29) is 42.9 Å². The predicted molar refractivity (Wildman–Crippen MR) is 115 cm³/mol. The maximum Gasteiger partial charge on any atom is 0.327 e. The number of pyridine rings is 1. The lowest BCUT2D eigenvalue weighted by atomic mass is 10.1. The number of rotatable bonds is 11. The number of carboxylic acid groups (broad SMARTS) is 1. The minimum Gasteiger partial charge on any atom is -0.478 e. The fourth-order valence-electron chi connectivity index (χ4n) is 2.56. The van der Waals surface area contributed by atoms with Crippen molar-refractivity contribution < 1.29 is 24.3 Å². The Kier molecular flexibility index (Phi) is 10.2. The number of carbonyl (C=O) groups is 4. The third kappa shape index (κ3) is 9.28. The van der Waals surface area contributed by atoms with Gasteiger partial charge in [0.25, 0.3) is 5.56 Å². The smallest absolute Gasteiger partial charge is 0.327 e. The van der Waals surface area contributed by atoms with Crippen molar-refractivity contribution in [3.05, 3.63) is 40.8 Å². The molecule has 10 nitrogen and oxygen atoms in total. The molecule has 1 aromatic rings. The van der Waals surface area contributed by atoms with Crippen LogP contribution in [0.5, 0.6) is 0 Å². The molecule has 31 heavy (non-hydrogen) atoms. The minimum atomic E-state index is -1.11. The summed E-state index contributed by atoms with van der Waals surface area (Å²) in [4.78, 5) is 59.4. The van der Waals surface area contributed by atoms with Gasteiger partial charge in [0.1, 0.15) is 18.3 Å². The lowest BCUT2D eigenvalue weighted by molar-refractivity contribution is -0.131.